The molecule has 1 unspecified atom stereocenters. The molecule has 1 aromatic rings. The first-order valence-corrected chi connectivity index (χ1v) is 7.12. The van der Waals surface area contributed by atoms with E-state index in [1.807, 2.05) is 6.07 Å². The number of nitro benzene ring substituents is 1. The first-order valence-electron chi connectivity index (χ1n) is 7.12. The molecule has 0 amide bonds. The summed E-state index contributed by atoms with van der Waals surface area (Å²) in [5.74, 6) is 0. The summed E-state index contributed by atoms with van der Waals surface area (Å²) in [6.07, 6.45) is 5.78. The van der Waals surface area contributed by atoms with Crippen LogP contribution < -0.4 is 4.90 Å². The monoisotopic (exact) mass is 273 g/mol. The van der Waals surface area contributed by atoms with Crippen LogP contribution >= 0.6 is 0 Å². The van der Waals surface area contributed by atoms with E-state index in [1.54, 1.807) is 12.1 Å². The molecule has 1 heterocycles. The molecule has 0 saturated carbocycles. The zero-order valence-corrected chi connectivity index (χ0v) is 11.7. The highest BCUT2D eigenvalue weighted by atomic mass is 16.6. The SMILES string of the molecule is CCCC1CCCCN1c1ccc([N+](=O)[O-])c(C#N)c1. The van der Waals surface area contributed by atoms with Crippen molar-refractivity contribution < 1.29 is 4.92 Å². The normalized spacial score (nSPS) is 18.6. The van der Waals surface area contributed by atoms with Crippen molar-refractivity contribution in [3.8, 4) is 6.07 Å². The van der Waals surface area contributed by atoms with Gasteiger partial charge in [0, 0.05) is 24.3 Å². The first kappa shape index (κ1) is 14.3. The Kier molecular flexibility index (Phi) is 4.57. The van der Waals surface area contributed by atoms with Gasteiger partial charge >= 0.3 is 0 Å². The molecule has 5 heteroatoms. The van der Waals surface area contributed by atoms with Crippen LogP contribution in [-0.2, 0) is 0 Å². The van der Waals surface area contributed by atoms with E-state index in [1.165, 1.54) is 12.5 Å². The van der Waals surface area contributed by atoms with Crippen LogP contribution in [0.4, 0.5) is 11.4 Å². The first-order chi connectivity index (χ1) is 9.67. The Morgan fingerprint density at radius 1 is 1.50 bits per heavy atom. The molecule has 1 aromatic carbocycles. The van der Waals surface area contributed by atoms with Gasteiger partial charge in [0.2, 0.25) is 0 Å². The Bertz CT molecular complexity index is 534. The molecule has 1 aliphatic heterocycles. The van der Waals surface area contributed by atoms with Crippen LogP contribution in [0.5, 0.6) is 0 Å². The molecular weight excluding hydrogens is 254 g/mol. The predicted molar refractivity (Wildman–Crippen MR) is 77.7 cm³/mol. The summed E-state index contributed by atoms with van der Waals surface area (Å²) < 4.78 is 0. The van der Waals surface area contributed by atoms with Crippen LogP contribution in [-0.4, -0.2) is 17.5 Å². The Labute approximate surface area is 119 Å². The molecule has 1 saturated heterocycles. The van der Waals surface area contributed by atoms with Crippen molar-refractivity contribution in [3.63, 3.8) is 0 Å². The Hall–Kier alpha value is -2.09. The summed E-state index contributed by atoms with van der Waals surface area (Å²) in [5.41, 5.74) is 0.971. The third-order valence-electron chi connectivity index (χ3n) is 3.88. The number of hydrogen-bond donors (Lipinski definition) is 0. The highest BCUT2D eigenvalue weighted by molar-refractivity contribution is 5.60. The van der Waals surface area contributed by atoms with Gasteiger partial charge in [-0.05, 0) is 37.8 Å². The van der Waals surface area contributed by atoms with Crippen LogP contribution in [0.3, 0.4) is 0 Å². The summed E-state index contributed by atoms with van der Waals surface area (Å²) >= 11 is 0. The van der Waals surface area contributed by atoms with Crippen molar-refractivity contribution in [2.24, 2.45) is 0 Å². The molecule has 20 heavy (non-hydrogen) atoms. The molecule has 1 fully saturated rings. The van der Waals surface area contributed by atoms with Gasteiger partial charge in [0.1, 0.15) is 11.6 Å². The van der Waals surface area contributed by atoms with E-state index >= 15 is 0 Å². The molecule has 0 bridgehead atoms. The second-order valence-corrected chi connectivity index (χ2v) is 5.20. The van der Waals surface area contributed by atoms with Gasteiger partial charge in [-0.25, -0.2) is 0 Å². The maximum atomic E-state index is 10.9. The summed E-state index contributed by atoms with van der Waals surface area (Å²) in [4.78, 5) is 12.7. The van der Waals surface area contributed by atoms with Gasteiger partial charge in [-0.2, -0.15) is 5.26 Å². The van der Waals surface area contributed by atoms with Crippen LogP contribution in [0.1, 0.15) is 44.6 Å². The van der Waals surface area contributed by atoms with Crippen molar-refractivity contribution in [3.05, 3.63) is 33.9 Å². The topological polar surface area (TPSA) is 70.2 Å². The lowest BCUT2D eigenvalue weighted by Gasteiger charge is -2.37. The molecule has 0 N–H and O–H groups in total. The number of anilines is 1. The number of rotatable bonds is 4. The number of nitrogens with zero attached hydrogens (tertiary/aromatic N) is 3. The summed E-state index contributed by atoms with van der Waals surface area (Å²) in [5, 5.41) is 20.0. The summed E-state index contributed by atoms with van der Waals surface area (Å²) in [6, 6.07) is 7.30. The van der Waals surface area contributed by atoms with Crippen LogP contribution in [0.25, 0.3) is 0 Å². The van der Waals surface area contributed by atoms with E-state index in [2.05, 4.69) is 11.8 Å². The largest absolute Gasteiger partial charge is 0.369 e. The molecule has 0 aliphatic carbocycles. The molecule has 106 valence electrons. The van der Waals surface area contributed by atoms with E-state index in [0.29, 0.717) is 6.04 Å². The van der Waals surface area contributed by atoms with Crippen molar-refractivity contribution in [1.82, 2.24) is 0 Å². The standard InChI is InChI=1S/C15H19N3O2/c1-2-5-13-6-3-4-9-17(13)14-7-8-15(18(19)20)12(10-14)11-16/h7-8,10,13H,2-6,9H2,1H3. The fraction of sp³-hybridized carbons (Fsp3) is 0.533. The minimum absolute atomic E-state index is 0.111. The van der Waals surface area contributed by atoms with E-state index in [9.17, 15) is 10.1 Å². The van der Waals surface area contributed by atoms with Crippen LogP contribution in [0.15, 0.2) is 18.2 Å². The second kappa shape index (κ2) is 6.38. The molecule has 0 spiro atoms. The molecular formula is C15H19N3O2. The van der Waals surface area contributed by atoms with Gasteiger partial charge in [0.15, 0.2) is 0 Å². The maximum Gasteiger partial charge on any atom is 0.287 e. The second-order valence-electron chi connectivity index (χ2n) is 5.20. The van der Waals surface area contributed by atoms with Crippen molar-refractivity contribution >= 4 is 11.4 Å². The van der Waals surface area contributed by atoms with Crippen LogP contribution in [0, 0.1) is 21.4 Å². The fourth-order valence-electron chi connectivity index (χ4n) is 2.93. The Balaban J connectivity index is 2.31. The number of nitriles is 1. The summed E-state index contributed by atoms with van der Waals surface area (Å²) in [6.45, 7) is 3.14. The van der Waals surface area contributed by atoms with Gasteiger partial charge < -0.3 is 4.90 Å². The smallest absolute Gasteiger partial charge is 0.287 e. The maximum absolute atomic E-state index is 10.9. The molecule has 2 rings (SSSR count). The summed E-state index contributed by atoms with van der Waals surface area (Å²) in [7, 11) is 0. The van der Waals surface area contributed by atoms with E-state index < -0.39 is 4.92 Å². The number of nitro groups is 1. The zero-order valence-electron chi connectivity index (χ0n) is 11.7. The lowest BCUT2D eigenvalue weighted by atomic mass is 9.97. The van der Waals surface area contributed by atoms with Crippen molar-refractivity contribution in [2.75, 3.05) is 11.4 Å². The van der Waals surface area contributed by atoms with Gasteiger partial charge in [0.25, 0.3) is 5.69 Å². The number of benzene rings is 1. The lowest BCUT2D eigenvalue weighted by Crippen LogP contribution is -2.39. The van der Waals surface area contributed by atoms with Gasteiger partial charge in [0.05, 0.1) is 4.92 Å². The Morgan fingerprint density at radius 2 is 2.30 bits per heavy atom. The van der Waals surface area contributed by atoms with E-state index in [4.69, 9.17) is 5.26 Å². The third kappa shape index (κ3) is 2.90. The van der Waals surface area contributed by atoms with Crippen molar-refractivity contribution in [2.45, 2.75) is 45.1 Å². The number of hydrogen-bond acceptors (Lipinski definition) is 4. The number of piperidine rings is 1. The van der Waals surface area contributed by atoms with Crippen LogP contribution in [0.2, 0.25) is 0 Å². The third-order valence-corrected chi connectivity index (χ3v) is 3.88. The average molecular weight is 273 g/mol. The molecule has 1 atom stereocenters. The lowest BCUT2D eigenvalue weighted by molar-refractivity contribution is -0.385. The van der Waals surface area contributed by atoms with Gasteiger partial charge in [-0.15, -0.1) is 0 Å². The molecule has 5 nitrogen and oxygen atoms in total. The molecule has 0 aromatic heterocycles. The van der Waals surface area contributed by atoms with E-state index in [0.717, 1.165) is 37.9 Å². The van der Waals surface area contributed by atoms with Crippen molar-refractivity contribution in [1.29, 1.82) is 5.26 Å². The minimum Gasteiger partial charge on any atom is -0.369 e. The molecule has 1 aliphatic rings. The minimum atomic E-state index is -0.498. The van der Waals surface area contributed by atoms with Gasteiger partial charge in [-0.3, -0.25) is 10.1 Å². The highest BCUT2D eigenvalue weighted by Gasteiger charge is 2.23. The average Bonchev–Trinajstić information content (AvgIpc) is 2.47. The highest BCUT2D eigenvalue weighted by Crippen LogP contribution is 2.30. The van der Waals surface area contributed by atoms with Gasteiger partial charge in [-0.1, -0.05) is 13.3 Å². The fourth-order valence-corrected chi connectivity index (χ4v) is 2.93. The predicted octanol–water partition coefficient (Wildman–Crippen LogP) is 3.63. The zero-order chi connectivity index (χ0) is 14.5. The Morgan fingerprint density at radius 3 is 2.95 bits per heavy atom. The molecule has 0 radical (unpaired) electrons. The van der Waals surface area contributed by atoms with E-state index in [-0.39, 0.29) is 11.3 Å². The quantitative estimate of drug-likeness (QED) is 0.620.